The summed E-state index contributed by atoms with van der Waals surface area (Å²) in [4.78, 5) is 11.0. The molecule has 0 saturated carbocycles. The van der Waals surface area contributed by atoms with Crippen molar-refractivity contribution in [2.75, 3.05) is 19.6 Å². The molecule has 3 nitrogen and oxygen atoms in total. The summed E-state index contributed by atoms with van der Waals surface area (Å²) >= 11 is 0. The lowest BCUT2D eigenvalue weighted by molar-refractivity contribution is -0.115. The second kappa shape index (κ2) is 5.60. The lowest BCUT2D eigenvalue weighted by Crippen LogP contribution is -2.37. The predicted octanol–water partition coefficient (Wildman–Crippen LogP) is 0.126. The van der Waals surface area contributed by atoms with Gasteiger partial charge in [0.15, 0.2) is 0 Å². The lowest BCUT2D eigenvalue weighted by atomic mass is 10.00. The third-order valence-electron chi connectivity index (χ3n) is 2.19. The first-order chi connectivity index (χ1) is 6.33. The number of rotatable bonds is 2. The Balaban J connectivity index is 2.16. The maximum absolute atomic E-state index is 11.0. The van der Waals surface area contributed by atoms with Crippen LogP contribution in [0.25, 0.3) is 0 Å². The van der Waals surface area contributed by atoms with E-state index in [1.165, 1.54) is 12.8 Å². The molecule has 0 spiro atoms. The minimum absolute atomic E-state index is 0.159. The van der Waals surface area contributed by atoms with Gasteiger partial charge >= 0.3 is 0 Å². The summed E-state index contributed by atoms with van der Waals surface area (Å²) in [5, 5.41) is 6.10. The van der Waals surface area contributed by atoms with E-state index in [0.717, 1.165) is 19.6 Å². The van der Waals surface area contributed by atoms with Crippen molar-refractivity contribution in [1.29, 1.82) is 0 Å². The zero-order valence-electron chi connectivity index (χ0n) is 8.02. The van der Waals surface area contributed by atoms with Crippen molar-refractivity contribution < 1.29 is 4.79 Å². The highest BCUT2D eigenvalue weighted by molar-refractivity contribution is 5.93. The van der Waals surface area contributed by atoms with Gasteiger partial charge in [0.1, 0.15) is 0 Å². The molecular weight excluding hydrogens is 164 g/mol. The molecule has 1 unspecified atom stereocenters. The zero-order valence-corrected chi connectivity index (χ0v) is 8.02. The summed E-state index contributed by atoms with van der Waals surface area (Å²) < 4.78 is 0. The molecule has 0 aliphatic carbocycles. The van der Waals surface area contributed by atoms with Crippen LogP contribution in [0, 0.1) is 17.8 Å². The molecule has 72 valence electrons. The van der Waals surface area contributed by atoms with Crippen LogP contribution in [0.5, 0.6) is 0 Å². The molecule has 0 bridgehead atoms. The number of hydrogen-bond donors (Lipinski definition) is 2. The van der Waals surface area contributed by atoms with Gasteiger partial charge in [-0.25, -0.2) is 0 Å². The number of carbonyl (C=O) groups is 1. The van der Waals surface area contributed by atoms with Crippen LogP contribution in [0.4, 0.5) is 0 Å². The molecule has 2 N–H and O–H groups in total. The molecule has 1 saturated heterocycles. The number of nitrogens with one attached hydrogen (secondary N) is 2. The second-order valence-corrected chi connectivity index (χ2v) is 3.30. The van der Waals surface area contributed by atoms with E-state index in [1.807, 2.05) is 0 Å². The number of amides is 1. The number of piperidine rings is 1. The number of hydrogen-bond acceptors (Lipinski definition) is 2. The monoisotopic (exact) mass is 180 g/mol. The Bertz CT molecular complexity index is 221. The first-order valence-corrected chi connectivity index (χ1v) is 4.74. The molecular formula is C10H16N2O. The Labute approximate surface area is 79.3 Å². The van der Waals surface area contributed by atoms with Gasteiger partial charge in [-0.1, -0.05) is 5.92 Å². The summed E-state index contributed by atoms with van der Waals surface area (Å²) in [7, 11) is 0. The Kier molecular flexibility index (Phi) is 4.34. The van der Waals surface area contributed by atoms with Crippen LogP contribution in [-0.4, -0.2) is 25.5 Å². The standard InChI is InChI=1S/C10H16N2O/c1-2-4-10(13)12-8-9-5-3-6-11-7-9/h9,11H,3,5-8H2,1H3,(H,12,13). The van der Waals surface area contributed by atoms with E-state index in [2.05, 4.69) is 22.5 Å². The molecule has 0 radical (unpaired) electrons. The van der Waals surface area contributed by atoms with Crippen LogP contribution in [0.3, 0.4) is 0 Å². The van der Waals surface area contributed by atoms with Crippen molar-refractivity contribution in [1.82, 2.24) is 10.6 Å². The number of carbonyl (C=O) groups excluding carboxylic acids is 1. The largest absolute Gasteiger partial charge is 0.345 e. The predicted molar refractivity (Wildman–Crippen MR) is 52.1 cm³/mol. The van der Waals surface area contributed by atoms with Gasteiger partial charge in [0.2, 0.25) is 0 Å². The molecule has 1 amide bonds. The highest BCUT2D eigenvalue weighted by Crippen LogP contribution is 2.07. The van der Waals surface area contributed by atoms with Crippen molar-refractivity contribution in [2.24, 2.45) is 5.92 Å². The normalized spacial score (nSPS) is 21.5. The quantitative estimate of drug-likeness (QED) is 0.593. The molecule has 1 atom stereocenters. The van der Waals surface area contributed by atoms with Crippen LogP contribution in [0.1, 0.15) is 19.8 Å². The van der Waals surface area contributed by atoms with E-state index in [4.69, 9.17) is 0 Å². The molecule has 1 aliphatic heterocycles. The fourth-order valence-corrected chi connectivity index (χ4v) is 1.49. The van der Waals surface area contributed by atoms with E-state index >= 15 is 0 Å². The minimum Gasteiger partial charge on any atom is -0.345 e. The maximum atomic E-state index is 11.0. The molecule has 1 rings (SSSR count). The van der Waals surface area contributed by atoms with Crippen LogP contribution < -0.4 is 10.6 Å². The van der Waals surface area contributed by atoms with Crippen molar-refractivity contribution in [2.45, 2.75) is 19.8 Å². The first-order valence-electron chi connectivity index (χ1n) is 4.74. The van der Waals surface area contributed by atoms with Crippen LogP contribution >= 0.6 is 0 Å². The summed E-state index contributed by atoms with van der Waals surface area (Å²) in [6.07, 6.45) is 2.41. The molecule has 1 fully saturated rings. The molecule has 3 heteroatoms. The molecule has 0 aromatic rings. The van der Waals surface area contributed by atoms with E-state index in [1.54, 1.807) is 6.92 Å². The van der Waals surface area contributed by atoms with Gasteiger partial charge in [-0.05, 0) is 44.7 Å². The van der Waals surface area contributed by atoms with Gasteiger partial charge in [-0.2, -0.15) is 0 Å². The zero-order chi connectivity index (χ0) is 9.52. The molecule has 1 aliphatic rings. The maximum Gasteiger partial charge on any atom is 0.295 e. The smallest absolute Gasteiger partial charge is 0.295 e. The van der Waals surface area contributed by atoms with E-state index < -0.39 is 0 Å². The summed E-state index contributed by atoms with van der Waals surface area (Å²) in [5.41, 5.74) is 0. The molecule has 13 heavy (non-hydrogen) atoms. The SMILES string of the molecule is CC#CC(=O)NCC1CCCNC1. The first kappa shape index (κ1) is 10.1. The topological polar surface area (TPSA) is 41.1 Å². The Hall–Kier alpha value is -1.01. The second-order valence-electron chi connectivity index (χ2n) is 3.30. The van der Waals surface area contributed by atoms with E-state index in [-0.39, 0.29) is 5.91 Å². The Morgan fingerprint density at radius 3 is 3.15 bits per heavy atom. The average Bonchev–Trinajstić information content (AvgIpc) is 2.17. The summed E-state index contributed by atoms with van der Waals surface area (Å²) in [6, 6.07) is 0. The van der Waals surface area contributed by atoms with E-state index in [0.29, 0.717) is 5.92 Å². The fraction of sp³-hybridized carbons (Fsp3) is 0.700. The van der Waals surface area contributed by atoms with Crippen LogP contribution in [0.15, 0.2) is 0 Å². The Morgan fingerprint density at radius 2 is 2.54 bits per heavy atom. The van der Waals surface area contributed by atoms with Gasteiger partial charge in [-0.3, -0.25) is 4.79 Å². The van der Waals surface area contributed by atoms with Crippen molar-refractivity contribution in [3.05, 3.63) is 0 Å². The fourth-order valence-electron chi connectivity index (χ4n) is 1.49. The summed E-state index contributed by atoms with van der Waals surface area (Å²) in [6.45, 7) is 4.54. The van der Waals surface area contributed by atoms with Gasteiger partial charge in [0.05, 0.1) is 0 Å². The van der Waals surface area contributed by atoms with Crippen molar-refractivity contribution >= 4 is 5.91 Å². The Morgan fingerprint density at radius 1 is 1.69 bits per heavy atom. The molecule has 0 aromatic carbocycles. The van der Waals surface area contributed by atoms with E-state index in [9.17, 15) is 4.79 Å². The van der Waals surface area contributed by atoms with Gasteiger partial charge in [0, 0.05) is 6.54 Å². The highest BCUT2D eigenvalue weighted by atomic mass is 16.1. The minimum atomic E-state index is -0.159. The van der Waals surface area contributed by atoms with Crippen molar-refractivity contribution in [3.8, 4) is 11.8 Å². The van der Waals surface area contributed by atoms with Crippen molar-refractivity contribution in [3.63, 3.8) is 0 Å². The van der Waals surface area contributed by atoms with Gasteiger partial charge < -0.3 is 10.6 Å². The lowest BCUT2D eigenvalue weighted by Gasteiger charge is -2.22. The third-order valence-corrected chi connectivity index (χ3v) is 2.19. The average molecular weight is 180 g/mol. The highest BCUT2D eigenvalue weighted by Gasteiger charge is 2.12. The molecule has 0 aromatic heterocycles. The molecule has 1 heterocycles. The van der Waals surface area contributed by atoms with Gasteiger partial charge in [-0.15, -0.1) is 0 Å². The van der Waals surface area contributed by atoms with Crippen LogP contribution in [-0.2, 0) is 4.79 Å². The third kappa shape index (κ3) is 3.95. The van der Waals surface area contributed by atoms with Crippen LogP contribution in [0.2, 0.25) is 0 Å². The van der Waals surface area contributed by atoms with Gasteiger partial charge in [0.25, 0.3) is 5.91 Å². The summed E-state index contributed by atoms with van der Waals surface area (Å²) in [5.74, 6) is 5.46.